The van der Waals surface area contributed by atoms with Crippen molar-refractivity contribution in [2.45, 2.75) is 93.4 Å². The summed E-state index contributed by atoms with van der Waals surface area (Å²) in [5.74, 6) is -1.28. The number of nitrogens with one attached hydrogen (secondary N) is 1. The Morgan fingerprint density at radius 3 is 2.27 bits per heavy atom. The van der Waals surface area contributed by atoms with Gasteiger partial charge in [-0.2, -0.15) is 0 Å². The van der Waals surface area contributed by atoms with E-state index >= 15 is 4.79 Å². The number of rotatable bonds is 9. The van der Waals surface area contributed by atoms with Crippen LogP contribution in [0, 0.1) is 5.92 Å². The third kappa shape index (κ3) is 6.92. The van der Waals surface area contributed by atoms with Crippen molar-refractivity contribution in [1.82, 2.24) is 4.90 Å². The summed E-state index contributed by atoms with van der Waals surface area (Å²) in [6.45, 7) is 6.53. The zero-order chi connectivity index (χ0) is 42.7. The van der Waals surface area contributed by atoms with Gasteiger partial charge in [-0.25, -0.2) is 0 Å². The molecule has 6 N–H and O–H groups in total. The quantitative estimate of drug-likeness (QED) is 0.136. The lowest BCUT2D eigenvalue weighted by molar-refractivity contribution is -0.274. The van der Waals surface area contributed by atoms with Gasteiger partial charge in [-0.05, 0) is 65.6 Å². The van der Waals surface area contributed by atoms with Crippen LogP contribution in [-0.4, -0.2) is 113 Å². The monoisotopic (exact) mass is 837 g/mol. The molecule has 4 aliphatic heterocycles. The third-order valence-electron chi connectivity index (χ3n) is 13.1. The summed E-state index contributed by atoms with van der Waals surface area (Å²) in [6, 6.07) is 29.4. The smallest absolute Gasteiger partial charge is 0.268 e. The van der Waals surface area contributed by atoms with Crippen LogP contribution >= 0.6 is 0 Å². The Morgan fingerprint density at radius 2 is 1.58 bits per heavy atom. The van der Waals surface area contributed by atoms with Gasteiger partial charge in [0.1, 0.15) is 24.1 Å². The predicted octanol–water partition coefficient (Wildman–Crippen LogP) is 2.66. The van der Waals surface area contributed by atoms with Crippen LogP contribution in [0.1, 0.15) is 30.0 Å². The molecule has 0 bridgehead atoms. The molecule has 4 aliphatic rings. The maximum atomic E-state index is 15.4. The minimum Gasteiger partial charge on any atom is -0.497 e. The van der Waals surface area contributed by atoms with Gasteiger partial charge in [0.05, 0.1) is 46.0 Å². The van der Waals surface area contributed by atoms with E-state index < -0.39 is 68.4 Å². The Hall–Kier alpha value is -4.97. The number of hydrogen-bond donors (Lipinski definition) is 6. The van der Waals surface area contributed by atoms with Gasteiger partial charge in [-0.3, -0.25) is 19.3 Å². The standard InChI is InChI=1S/C45H51N3O11Si/c1-25-41(60(3,4)32-17-15-31(57-2)16-18-32)35(22-36(50)47-23-27-11-9-8-10-26(27)20-30(47)24-49)59-45(25)33-21-28(46-42(54)40-38(52)37(51)39(53)43(55)58-40)14-19-34(33)48(44(45)56)29-12-6-5-7-13-29/h5-19,21,25,30,35,37-41,43,49,51-53,55H,20,22-24H2,1-4H3,(H,46,54)/t25-,30-,35+,37-,38-,39+,40-,41-,43+,45+/m0/s1. The number of nitrogens with zero attached hydrogens (tertiary/aromatic N) is 2. The molecular weight excluding hydrogens is 787 g/mol. The highest BCUT2D eigenvalue weighted by molar-refractivity contribution is 6.91. The summed E-state index contributed by atoms with van der Waals surface area (Å²) in [4.78, 5) is 47.0. The van der Waals surface area contributed by atoms with Crippen molar-refractivity contribution in [3.63, 3.8) is 0 Å². The van der Waals surface area contributed by atoms with Crippen molar-refractivity contribution in [3.8, 4) is 5.75 Å². The van der Waals surface area contributed by atoms with Crippen LogP contribution in [0.15, 0.2) is 97.1 Å². The van der Waals surface area contributed by atoms with Crippen LogP contribution < -0.4 is 20.1 Å². The molecule has 10 atom stereocenters. The first kappa shape index (κ1) is 41.7. The second kappa shape index (κ2) is 16.1. The average Bonchev–Trinajstić information content (AvgIpc) is 3.69. The molecule has 15 heteroatoms. The van der Waals surface area contributed by atoms with E-state index in [1.807, 2.05) is 85.8 Å². The first-order chi connectivity index (χ1) is 28.7. The number of aliphatic hydroxyl groups is 5. The number of aliphatic hydroxyl groups excluding tert-OH is 5. The number of anilines is 3. The Balaban J connectivity index is 1.21. The molecule has 0 unspecified atom stereocenters. The molecule has 1 spiro atoms. The number of carbonyl (C=O) groups excluding carboxylic acids is 3. The molecule has 14 nitrogen and oxygen atoms in total. The van der Waals surface area contributed by atoms with Crippen molar-refractivity contribution in [2.75, 3.05) is 23.9 Å². The number of hydrogen-bond acceptors (Lipinski definition) is 11. The minimum absolute atomic E-state index is 0.0558. The van der Waals surface area contributed by atoms with Crippen LogP contribution in [0.25, 0.3) is 0 Å². The maximum absolute atomic E-state index is 15.4. The summed E-state index contributed by atoms with van der Waals surface area (Å²) in [5.41, 5.74) is 1.92. The van der Waals surface area contributed by atoms with Crippen molar-refractivity contribution in [2.24, 2.45) is 5.92 Å². The first-order valence-electron chi connectivity index (χ1n) is 20.2. The third-order valence-corrected chi connectivity index (χ3v) is 17.5. The van der Waals surface area contributed by atoms with Gasteiger partial charge >= 0.3 is 0 Å². The van der Waals surface area contributed by atoms with Gasteiger partial charge in [-0.15, -0.1) is 0 Å². The van der Waals surface area contributed by atoms with Crippen LogP contribution in [0.2, 0.25) is 18.6 Å². The molecule has 0 aromatic heterocycles. The van der Waals surface area contributed by atoms with E-state index in [2.05, 4.69) is 18.4 Å². The molecule has 2 fully saturated rings. The van der Waals surface area contributed by atoms with Crippen LogP contribution in [-0.2, 0) is 42.4 Å². The van der Waals surface area contributed by atoms with Crippen molar-refractivity contribution in [3.05, 3.63) is 114 Å². The molecule has 316 valence electrons. The Bertz CT molecular complexity index is 2260. The number of methoxy groups -OCH3 is 1. The summed E-state index contributed by atoms with van der Waals surface area (Å²) < 4.78 is 17.9. The van der Waals surface area contributed by atoms with E-state index in [9.17, 15) is 35.1 Å². The molecule has 4 aromatic rings. The zero-order valence-corrected chi connectivity index (χ0v) is 34.8. The second-order valence-electron chi connectivity index (χ2n) is 16.8. The average molecular weight is 838 g/mol. The molecule has 2 saturated heterocycles. The SMILES string of the molecule is COc1ccc([Si](C)(C)[C@@H]2[C@@H](CC(=O)N3Cc4ccccc4C[C@H]3CO)O[C@]3(C(=O)N(c4ccccc4)c4ccc(NC(=O)[C@H]5O[C@@H](O)[C@H](O)[C@@H](O)[C@@H]5O)cc43)[C@H]2C)cc1. The van der Waals surface area contributed by atoms with E-state index in [-0.39, 0.29) is 36.1 Å². The molecule has 0 radical (unpaired) electrons. The minimum atomic E-state index is -2.70. The number of benzene rings is 4. The van der Waals surface area contributed by atoms with E-state index in [1.165, 1.54) is 0 Å². The fourth-order valence-electron chi connectivity index (χ4n) is 9.97. The van der Waals surface area contributed by atoms with Crippen LogP contribution in [0.4, 0.5) is 17.1 Å². The van der Waals surface area contributed by atoms with Crippen molar-refractivity contribution >= 4 is 48.0 Å². The highest BCUT2D eigenvalue weighted by Crippen LogP contribution is 2.61. The highest BCUT2D eigenvalue weighted by atomic mass is 28.3. The van der Waals surface area contributed by atoms with Gasteiger partial charge in [0.15, 0.2) is 18.0 Å². The predicted molar refractivity (Wildman–Crippen MR) is 223 cm³/mol. The fourth-order valence-corrected chi connectivity index (χ4v) is 14.0. The normalized spacial score (nSPS) is 29.9. The van der Waals surface area contributed by atoms with Crippen LogP contribution in [0.5, 0.6) is 5.75 Å². The topological polar surface area (TPSA) is 199 Å². The van der Waals surface area contributed by atoms with Gasteiger partial charge in [0.2, 0.25) is 5.91 Å². The lowest BCUT2D eigenvalue weighted by Crippen LogP contribution is -2.60. The van der Waals surface area contributed by atoms with E-state index in [4.69, 9.17) is 14.2 Å². The molecule has 0 saturated carbocycles. The highest BCUT2D eigenvalue weighted by Gasteiger charge is 2.67. The maximum Gasteiger partial charge on any atom is 0.268 e. The molecule has 0 aliphatic carbocycles. The largest absolute Gasteiger partial charge is 0.497 e. The molecule has 4 heterocycles. The summed E-state index contributed by atoms with van der Waals surface area (Å²) >= 11 is 0. The molecule has 4 aromatic carbocycles. The molecular formula is C45H51N3O11Si. The van der Waals surface area contributed by atoms with Gasteiger partial charge in [-0.1, -0.05) is 79.8 Å². The van der Waals surface area contributed by atoms with Gasteiger partial charge < -0.3 is 50.0 Å². The molecule has 8 rings (SSSR count). The number of carbonyl (C=O) groups is 3. The van der Waals surface area contributed by atoms with E-state index in [0.717, 1.165) is 16.3 Å². The lowest BCUT2D eigenvalue weighted by atomic mass is 9.82. The summed E-state index contributed by atoms with van der Waals surface area (Å²) in [6.07, 6.45) is -9.47. The van der Waals surface area contributed by atoms with Gasteiger partial charge in [0.25, 0.3) is 11.8 Å². The number of ether oxygens (including phenoxy) is 3. The summed E-state index contributed by atoms with van der Waals surface area (Å²) in [5, 5.41) is 55.3. The van der Waals surface area contributed by atoms with Crippen LogP contribution in [0.3, 0.4) is 0 Å². The Morgan fingerprint density at radius 1 is 0.900 bits per heavy atom. The number of amides is 3. The molecule has 3 amide bonds. The van der Waals surface area contributed by atoms with Crippen molar-refractivity contribution in [1.29, 1.82) is 0 Å². The fraction of sp³-hybridized carbons (Fsp3) is 0.400. The van der Waals surface area contributed by atoms with E-state index in [0.29, 0.717) is 35.7 Å². The zero-order valence-electron chi connectivity index (χ0n) is 33.8. The Kier molecular flexibility index (Phi) is 11.2. The molecule has 60 heavy (non-hydrogen) atoms. The van der Waals surface area contributed by atoms with Gasteiger partial charge in [0, 0.05) is 29.4 Å². The first-order valence-corrected chi connectivity index (χ1v) is 23.3. The number of para-hydroxylation sites is 1. The second-order valence-corrected chi connectivity index (χ2v) is 21.5. The summed E-state index contributed by atoms with van der Waals surface area (Å²) in [7, 11) is -1.09. The lowest BCUT2D eigenvalue weighted by Gasteiger charge is -2.39. The number of fused-ring (bicyclic) bond motifs is 3. The Labute approximate surface area is 348 Å². The van der Waals surface area contributed by atoms with Crippen molar-refractivity contribution < 1.29 is 54.1 Å². The van der Waals surface area contributed by atoms with E-state index in [1.54, 1.807) is 35.1 Å².